The second-order valence-electron chi connectivity index (χ2n) is 7.06. The second kappa shape index (κ2) is 7.50. The lowest BCUT2D eigenvalue weighted by Gasteiger charge is -2.25. The van der Waals surface area contributed by atoms with Crippen LogP contribution in [0.25, 0.3) is 16.8 Å². The molecule has 1 aliphatic carbocycles. The Hall–Kier alpha value is -3.09. The lowest BCUT2D eigenvalue weighted by molar-refractivity contribution is 0.0698. The number of aromatic carboxylic acids is 1. The predicted octanol–water partition coefficient (Wildman–Crippen LogP) is 4.16. The van der Waals surface area contributed by atoms with Gasteiger partial charge in [-0.2, -0.15) is 5.10 Å². The summed E-state index contributed by atoms with van der Waals surface area (Å²) in [5.41, 5.74) is 3.41. The van der Waals surface area contributed by atoms with Crippen LogP contribution in [0.2, 0.25) is 0 Å². The Bertz CT molecular complexity index is 1020. The number of benzene rings is 1. The van der Waals surface area contributed by atoms with Crippen LogP contribution >= 0.6 is 0 Å². The summed E-state index contributed by atoms with van der Waals surface area (Å²) in [4.78, 5) is 16.0. The van der Waals surface area contributed by atoms with E-state index < -0.39 is 5.97 Å². The molecular formula is C21H23N3O4. The van der Waals surface area contributed by atoms with Crippen molar-refractivity contribution in [3.63, 3.8) is 0 Å². The van der Waals surface area contributed by atoms with Gasteiger partial charge in [0.05, 0.1) is 26.1 Å². The van der Waals surface area contributed by atoms with Crippen molar-refractivity contribution in [1.29, 1.82) is 0 Å². The third-order valence-electron chi connectivity index (χ3n) is 5.48. The van der Waals surface area contributed by atoms with Gasteiger partial charge in [0, 0.05) is 17.7 Å². The number of hydrogen-bond acceptors (Lipinski definition) is 5. The largest absolute Gasteiger partial charge is 0.493 e. The van der Waals surface area contributed by atoms with Crippen molar-refractivity contribution < 1.29 is 19.4 Å². The van der Waals surface area contributed by atoms with E-state index in [0.29, 0.717) is 23.1 Å². The molecule has 0 bridgehead atoms. The highest BCUT2D eigenvalue weighted by atomic mass is 16.5. The molecule has 1 saturated carbocycles. The number of carboxylic acids is 1. The van der Waals surface area contributed by atoms with Gasteiger partial charge in [-0.3, -0.25) is 0 Å². The monoisotopic (exact) mass is 381 g/mol. The fourth-order valence-electron chi connectivity index (χ4n) is 4.09. The normalized spacial score (nSPS) is 14.9. The lowest BCUT2D eigenvalue weighted by Crippen LogP contribution is -2.13. The zero-order valence-electron chi connectivity index (χ0n) is 16.0. The highest BCUT2D eigenvalue weighted by Crippen LogP contribution is 2.40. The van der Waals surface area contributed by atoms with Crippen LogP contribution in [-0.2, 0) is 0 Å². The number of aromatic nitrogens is 3. The van der Waals surface area contributed by atoms with E-state index in [2.05, 4.69) is 10.1 Å². The molecule has 4 rings (SSSR count). The van der Waals surface area contributed by atoms with Crippen LogP contribution in [0.1, 0.15) is 54.1 Å². The van der Waals surface area contributed by atoms with Crippen LogP contribution in [0.3, 0.4) is 0 Å². The molecule has 2 heterocycles. The Labute approximate surface area is 162 Å². The molecule has 1 fully saturated rings. The molecule has 0 amide bonds. The topological polar surface area (TPSA) is 86.0 Å². The van der Waals surface area contributed by atoms with Crippen molar-refractivity contribution in [2.45, 2.75) is 38.0 Å². The zero-order chi connectivity index (χ0) is 19.7. The van der Waals surface area contributed by atoms with Crippen molar-refractivity contribution in [2.24, 2.45) is 0 Å². The van der Waals surface area contributed by atoms with Gasteiger partial charge in [-0.1, -0.05) is 25.3 Å². The lowest BCUT2D eigenvalue weighted by atomic mass is 9.84. The minimum atomic E-state index is -1.02. The number of carboxylic acid groups (broad SMARTS) is 1. The molecule has 0 saturated heterocycles. The highest BCUT2D eigenvalue weighted by Gasteiger charge is 2.25. The molecule has 0 spiro atoms. The number of nitrogens with zero attached hydrogens (tertiary/aromatic N) is 3. The second-order valence-corrected chi connectivity index (χ2v) is 7.06. The number of methoxy groups -OCH3 is 2. The predicted molar refractivity (Wildman–Crippen MR) is 104 cm³/mol. The fraction of sp³-hybridized carbons (Fsp3) is 0.381. The first-order valence-electron chi connectivity index (χ1n) is 9.46. The van der Waals surface area contributed by atoms with Gasteiger partial charge in [-0.15, -0.1) is 0 Å². The minimum absolute atomic E-state index is 0.121. The van der Waals surface area contributed by atoms with E-state index in [-0.39, 0.29) is 5.56 Å². The Morgan fingerprint density at radius 1 is 1.11 bits per heavy atom. The molecule has 28 heavy (non-hydrogen) atoms. The molecule has 1 N–H and O–H groups in total. The van der Waals surface area contributed by atoms with Gasteiger partial charge in [0.1, 0.15) is 5.56 Å². The summed E-state index contributed by atoms with van der Waals surface area (Å²) >= 11 is 0. The Morgan fingerprint density at radius 3 is 2.54 bits per heavy atom. The molecule has 146 valence electrons. The average molecular weight is 381 g/mol. The number of hydrogen-bond donors (Lipinski definition) is 1. The SMILES string of the molecule is COc1ccc(-c2cnc3c(C(=O)O)cnn3c2C2CCCCC2)cc1OC. The van der Waals surface area contributed by atoms with Crippen LogP contribution in [0.5, 0.6) is 11.5 Å². The van der Waals surface area contributed by atoms with Crippen molar-refractivity contribution in [3.05, 3.63) is 41.9 Å². The smallest absolute Gasteiger partial charge is 0.341 e. The average Bonchev–Trinajstić information content (AvgIpc) is 3.17. The summed E-state index contributed by atoms with van der Waals surface area (Å²) in [6.45, 7) is 0. The van der Waals surface area contributed by atoms with Gasteiger partial charge in [-0.25, -0.2) is 14.3 Å². The van der Waals surface area contributed by atoms with Gasteiger partial charge in [0.2, 0.25) is 0 Å². The number of ether oxygens (including phenoxy) is 2. The van der Waals surface area contributed by atoms with Crippen LogP contribution in [-0.4, -0.2) is 39.9 Å². The van der Waals surface area contributed by atoms with Crippen LogP contribution in [0.4, 0.5) is 0 Å². The maximum Gasteiger partial charge on any atom is 0.341 e. The van der Waals surface area contributed by atoms with Crippen molar-refractivity contribution in [1.82, 2.24) is 14.6 Å². The van der Waals surface area contributed by atoms with Crippen LogP contribution in [0.15, 0.2) is 30.6 Å². The van der Waals surface area contributed by atoms with E-state index in [1.165, 1.54) is 12.6 Å². The third-order valence-corrected chi connectivity index (χ3v) is 5.48. The first-order chi connectivity index (χ1) is 13.6. The van der Waals surface area contributed by atoms with Gasteiger partial charge in [0.15, 0.2) is 17.1 Å². The van der Waals surface area contributed by atoms with E-state index in [9.17, 15) is 9.90 Å². The van der Waals surface area contributed by atoms with Crippen molar-refractivity contribution >= 4 is 11.6 Å². The minimum Gasteiger partial charge on any atom is -0.493 e. The molecule has 7 nitrogen and oxygen atoms in total. The summed E-state index contributed by atoms with van der Waals surface area (Å²) in [7, 11) is 3.22. The standard InChI is InChI=1S/C21H23N3O4/c1-27-17-9-8-14(10-18(17)28-2)15-11-22-20-16(21(25)26)12-23-24(20)19(15)13-6-4-3-5-7-13/h8-13H,3-7H2,1-2H3,(H,25,26). The van der Waals surface area contributed by atoms with Crippen LogP contribution < -0.4 is 9.47 Å². The number of rotatable bonds is 5. The van der Waals surface area contributed by atoms with Gasteiger partial charge < -0.3 is 14.6 Å². The van der Waals surface area contributed by atoms with E-state index in [0.717, 1.165) is 42.5 Å². The number of fused-ring (bicyclic) bond motifs is 1. The quantitative estimate of drug-likeness (QED) is 0.714. The molecule has 0 atom stereocenters. The van der Waals surface area contributed by atoms with Crippen molar-refractivity contribution in [2.75, 3.05) is 14.2 Å². The van der Waals surface area contributed by atoms with Gasteiger partial charge in [0.25, 0.3) is 0 Å². The fourth-order valence-corrected chi connectivity index (χ4v) is 4.09. The molecule has 0 radical (unpaired) electrons. The Morgan fingerprint density at radius 2 is 1.86 bits per heavy atom. The zero-order valence-corrected chi connectivity index (χ0v) is 16.0. The summed E-state index contributed by atoms with van der Waals surface area (Å²) in [5, 5.41) is 13.9. The van der Waals surface area contributed by atoms with Gasteiger partial charge >= 0.3 is 5.97 Å². The first kappa shape index (κ1) is 18.3. The maximum absolute atomic E-state index is 11.5. The molecule has 1 aliphatic rings. The molecule has 1 aromatic carbocycles. The maximum atomic E-state index is 11.5. The van der Waals surface area contributed by atoms with E-state index >= 15 is 0 Å². The van der Waals surface area contributed by atoms with Gasteiger partial charge in [-0.05, 0) is 30.5 Å². The van der Waals surface area contributed by atoms with E-state index in [4.69, 9.17) is 9.47 Å². The molecule has 0 aliphatic heterocycles. The molecule has 2 aromatic heterocycles. The van der Waals surface area contributed by atoms with E-state index in [1.54, 1.807) is 24.9 Å². The third kappa shape index (κ3) is 3.06. The summed E-state index contributed by atoms with van der Waals surface area (Å²) in [5.74, 6) is 0.591. The molecule has 3 aromatic rings. The Balaban J connectivity index is 1.94. The number of carbonyl (C=O) groups is 1. The first-order valence-corrected chi connectivity index (χ1v) is 9.46. The van der Waals surface area contributed by atoms with E-state index in [1.807, 2.05) is 18.2 Å². The molecule has 7 heteroatoms. The highest BCUT2D eigenvalue weighted by molar-refractivity contribution is 5.94. The summed E-state index contributed by atoms with van der Waals surface area (Å²) in [6.07, 6.45) is 8.81. The summed E-state index contributed by atoms with van der Waals surface area (Å²) < 4.78 is 12.5. The van der Waals surface area contributed by atoms with Crippen LogP contribution in [0, 0.1) is 0 Å². The Kier molecular flexibility index (Phi) is 4.90. The summed E-state index contributed by atoms with van der Waals surface area (Å²) in [6, 6.07) is 5.77. The molecular weight excluding hydrogens is 358 g/mol. The van der Waals surface area contributed by atoms with Crippen molar-refractivity contribution in [3.8, 4) is 22.6 Å². The molecule has 0 unspecified atom stereocenters.